The summed E-state index contributed by atoms with van der Waals surface area (Å²) < 4.78 is 21.9. The highest BCUT2D eigenvalue weighted by atomic mass is 32.2. The van der Waals surface area contributed by atoms with Crippen LogP contribution in [0, 0.1) is 5.41 Å². The molecule has 5 heteroatoms. The first-order chi connectivity index (χ1) is 6.89. The monoisotopic (exact) mass is 238 g/mol. The lowest BCUT2D eigenvalue weighted by Crippen LogP contribution is -2.30. The zero-order valence-corrected chi connectivity index (χ0v) is 10.4. The normalized spacial score (nSPS) is 13.1. The first-order valence-corrected chi connectivity index (χ1v) is 7.34. The summed E-state index contributed by atoms with van der Waals surface area (Å²) in [7, 11) is -2.94. The molecule has 0 bridgehead atoms. The van der Waals surface area contributed by atoms with Gasteiger partial charge in [0.1, 0.15) is 9.84 Å². The second kappa shape index (κ2) is 6.45. The molecule has 15 heavy (non-hydrogen) atoms. The number of sulfone groups is 1. The molecule has 0 aliphatic carbocycles. The fourth-order valence-corrected chi connectivity index (χ4v) is 2.40. The van der Waals surface area contributed by atoms with Crippen molar-refractivity contribution in [3.05, 3.63) is 0 Å². The molecule has 4 nitrogen and oxygen atoms in total. The van der Waals surface area contributed by atoms with Crippen LogP contribution in [0.25, 0.3) is 0 Å². The largest absolute Gasteiger partial charge is 0.396 e. The fourth-order valence-electron chi connectivity index (χ4n) is 1.73. The number of hydrogen-bond acceptors (Lipinski definition) is 4. The van der Waals surface area contributed by atoms with Crippen molar-refractivity contribution in [1.29, 1.82) is 0 Å². The molecule has 2 N–H and O–H groups in total. The van der Waals surface area contributed by atoms with Gasteiger partial charge >= 0.3 is 0 Å². The average molecular weight is 238 g/mol. The summed E-state index contributed by atoms with van der Waals surface area (Å²) in [6, 6.07) is 0. The summed E-state index contributed by atoms with van der Waals surface area (Å²) in [5.41, 5.74) is -0.501. The van der Waals surface area contributed by atoms with E-state index in [2.05, 4.69) is 0 Å². The first kappa shape index (κ1) is 14.9. The van der Waals surface area contributed by atoms with E-state index >= 15 is 0 Å². The number of hydrogen-bond donors (Lipinski definition) is 2. The molecule has 0 saturated carbocycles. The van der Waals surface area contributed by atoms with Crippen LogP contribution in [0.5, 0.6) is 0 Å². The molecular formula is C10H22O4S. The van der Waals surface area contributed by atoms with Crippen LogP contribution in [0.2, 0.25) is 0 Å². The van der Waals surface area contributed by atoms with Gasteiger partial charge in [-0.3, -0.25) is 0 Å². The maximum Gasteiger partial charge on any atom is 0.147 e. The molecule has 0 radical (unpaired) electrons. The average Bonchev–Trinajstić information content (AvgIpc) is 2.14. The molecular weight excluding hydrogens is 216 g/mol. The van der Waals surface area contributed by atoms with Crippen molar-refractivity contribution in [2.45, 2.75) is 32.6 Å². The predicted molar refractivity (Wildman–Crippen MR) is 60.5 cm³/mol. The minimum Gasteiger partial charge on any atom is -0.396 e. The van der Waals surface area contributed by atoms with Gasteiger partial charge in [0.15, 0.2) is 0 Å². The topological polar surface area (TPSA) is 74.6 Å². The molecule has 0 aliphatic heterocycles. The van der Waals surface area contributed by atoms with Gasteiger partial charge in [-0.1, -0.05) is 13.3 Å². The Morgan fingerprint density at radius 2 is 1.67 bits per heavy atom. The quantitative estimate of drug-likeness (QED) is 0.649. The first-order valence-electron chi connectivity index (χ1n) is 5.28. The van der Waals surface area contributed by atoms with Crippen LogP contribution in [0.15, 0.2) is 0 Å². The summed E-state index contributed by atoms with van der Waals surface area (Å²) in [4.78, 5) is 0. The van der Waals surface area contributed by atoms with Gasteiger partial charge in [-0.25, -0.2) is 8.42 Å². The smallest absolute Gasteiger partial charge is 0.147 e. The van der Waals surface area contributed by atoms with E-state index in [1.54, 1.807) is 0 Å². The van der Waals surface area contributed by atoms with Crippen LogP contribution in [0.1, 0.15) is 32.6 Å². The molecule has 0 rings (SSSR count). The van der Waals surface area contributed by atoms with Gasteiger partial charge in [0.2, 0.25) is 0 Å². The van der Waals surface area contributed by atoms with Gasteiger partial charge < -0.3 is 10.2 Å². The maximum absolute atomic E-state index is 10.9. The molecule has 0 saturated heterocycles. The molecule has 0 aromatic heterocycles. The molecule has 0 aromatic rings. The summed E-state index contributed by atoms with van der Waals surface area (Å²) >= 11 is 0. The van der Waals surface area contributed by atoms with Gasteiger partial charge in [-0.15, -0.1) is 0 Å². The van der Waals surface area contributed by atoms with Gasteiger partial charge in [-0.05, 0) is 19.3 Å². The number of rotatable bonds is 8. The standard InChI is InChI=1S/C10H22O4S/c1-3-5-10(8-11,9-12)6-4-7-15(2,13)14/h11-12H,3-9H2,1-2H3. The maximum atomic E-state index is 10.9. The van der Waals surface area contributed by atoms with Gasteiger partial charge in [0.25, 0.3) is 0 Å². The molecule has 0 fully saturated rings. The van der Waals surface area contributed by atoms with E-state index in [1.165, 1.54) is 6.26 Å². The van der Waals surface area contributed by atoms with Crippen LogP contribution in [-0.2, 0) is 9.84 Å². The third-order valence-electron chi connectivity index (χ3n) is 2.67. The zero-order chi connectivity index (χ0) is 11.9. The predicted octanol–water partition coefficient (Wildman–Crippen LogP) is 0.582. The lowest BCUT2D eigenvalue weighted by Gasteiger charge is -2.29. The second-order valence-electron chi connectivity index (χ2n) is 4.30. The summed E-state index contributed by atoms with van der Waals surface area (Å²) in [6.07, 6.45) is 3.86. The molecule has 0 amide bonds. The molecule has 0 unspecified atom stereocenters. The Morgan fingerprint density at radius 3 is 2.00 bits per heavy atom. The fraction of sp³-hybridized carbons (Fsp3) is 1.00. The van der Waals surface area contributed by atoms with Gasteiger partial charge in [-0.2, -0.15) is 0 Å². The van der Waals surface area contributed by atoms with Gasteiger partial charge in [0.05, 0.1) is 13.2 Å². The second-order valence-corrected chi connectivity index (χ2v) is 6.56. The minimum atomic E-state index is -2.94. The van der Waals surface area contributed by atoms with E-state index in [0.29, 0.717) is 12.8 Å². The van der Waals surface area contributed by atoms with Crippen molar-refractivity contribution in [2.24, 2.45) is 5.41 Å². The summed E-state index contributed by atoms with van der Waals surface area (Å²) in [5, 5.41) is 18.5. The number of aliphatic hydroxyl groups is 2. The van der Waals surface area contributed by atoms with Crippen molar-refractivity contribution >= 4 is 9.84 Å². The highest BCUT2D eigenvalue weighted by Crippen LogP contribution is 2.28. The van der Waals surface area contributed by atoms with E-state index in [0.717, 1.165) is 12.8 Å². The Balaban J connectivity index is 4.18. The Kier molecular flexibility index (Phi) is 6.40. The lowest BCUT2D eigenvalue weighted by molar-refractivity contribution is 0.0387. The van der Waals surface area contributed by atoms with Crippen LogP contribution in [0.4, 0.5) is 0 Å². The lowest BCUT2D eigenvalue weighted by atomic mass is 9.81. The molecule has 92 valence electrons. The van der Waals surface area contributed by atoms with E-state index in [4.69, 9.17) is 0 Å². The Hall–Kier alpha value is -0.130. The Labute approximate surface area is 92.2 Å². The minimum absolute atomic E-state index is 0.0822. The van der Waals surface area contributed by atoms with E-state index in [1.807, 2.05) is 6.92 Å². The van der Waals surface area contributed by atoms with E-state index in [-0.39, 0.29) is 19.0 Å². The highest BCUT2D eigenvalue weighted by molar-refractivity contribution is 7.90. The molecule has 0 atom stereocenters. The van der Waals surface area contributed by atoms with Crippen LogP contribution < -0.4 is 0 Å². The van der Waals surface area contributed by atoms with Crippen molar-refractivity contribution in [1.82, 2.24) is 0 Å². The van der Waals surface area contributed by atoms with Crippen molar-refractivity contribution in [3.8, 4) is 0 Å². The van der Waals surface area contributed by atoms with Crippen molar-refractivity contribution in [2.75, 3.05) is 25.2 Å². The van der Waals surface area contributed by atoms with Crippen LogP contribution in [-0.4, -0.2) is 43.9 Å². The molecule has 0 aromatic carbocycles. The third kappa shape index (κ3) is 6.12. The van der Waals surface area contributed by atoms with Gasteiger partial charge in [0, 0.05) is 17.4 Å². The van der Waals surface area contributed by atoms with Crippen molar-refractivity contribution in [3.63, 3.8) is 0 Å². The van der Waals surface area contributed by atoms with E-state index < -0.39 is 15.3 Å². The summed E-state index contributed by atoms with van der Waals surface area (Å²) in [5.74, 6) is 0.123. The van der Waals surface area contributed by atoms with Crippen LogP contribution in [0.3, 0.4) is 0 Å². The Morgan fingerprint density at radius 1 is 1.13 bits per heavy atom. The van der Waals surface area contributed by atoms with E-state index in [9.17, 15) is 18.6 Å². The zero-order valence-electron chi connectivity index (χ0n) is 9.57. The highest BCUT2D eigenvalue weighted by Gasteiger charge is 2.27. The molecule has 0 spiro atoms. The Bertz CT molecular complexity index is 255. The molecule has 0 heterocycles. The van der Waals surface area contributed by atoms with Crippen LogP contribution >= 0.6 is 0 Å². The SMILES string of the molecule is CCCC(CO)(CO)CCCS(C)(=O)=O. The third-order valence-corrected chi connectivity index (χ3v) is 3.70. The number of aliphatic hydroxyl groups excluding tert-OH is 2. The molecule has 0 aliphatic rings. The summed E-state index contributed by atoms with van der Waals surface area (Å²) in [6.45, 7) is 1.82. The van der Waals surface area contributed by atoms with Crippen molar-refractivity contribution < 1.29 is 18.6 Å².